The van der Waals surface area contributed by atoms with Gasteiger partial charge in [0.1, 0.15) is 16.7 Å². The molecule has 0 aliphatic carbocycles. The third-order valence-corrected chi connectivity index (χ3v) is 6.56. The average Bonchev–Trinajstić information content (AvgIpc) is 2.97. The molecule has 9 nitrogen and oxygen atoms in total. The Hall–Kier alpha value is -4.34. The van der Waals surface area contributed by atoms with Crippen molar-refractivity contribution in [1.29, 1.82) is 0 Å². The highest BCUT2D eigenvalue weighted by atomic mass is 16.7. The number of carbonyl (C=O) groups is 1. The van der Waals surface area contributed by atoms with Crippen molar-refractivity contribution < 1.29 is 33.3 Å². The fraction of sp³-hybridized carbons (Fsp3) is 0.333. The fourth-order valence-corrected chi connectivity index (χ4v) is 4.63. The van der Waals surface area contributed by atoms with E-state index in [9.17, 15) is 14.7 Å². The molecule has 0 radical (unpaired) electrons. The monoisotopic (exact) mass is 575 g/mol. The van der Waals surface area contributed by atoms with Gasteiger partial charge in [0.15, 0.2) is 25.1 Å². The molecule has 4 aromatic rings. The Morgan fingerprint density at radius 1 is 0.929 bits per heavy atom. The van der Waals surface area contributed by atoms with Gasteiger partial charge in [0, 0.05) is 30.0 Å². The van der Waals surface area contributed by atoms with E-state index in [4.69, 9.17) is 23.4 Å². The minimum atomic E-state index is -0.435. The van der Waals surface area contributed by atoms with Crippen LogP contribution in [-0.2, 0) is 15.9 Å². The zero-order valence-electron chi connectivity index (χ0n) is 24.6. The number of hydrogen-bond acceptors (Lipinski definition) is 8. The number of phenols is 1. The lowest BCUT2D eigenvalue weighted by Gasteiger charge is -2.21. The number of hydrogen-bond donors (Lipinski definition) is 2. The molecule has 1 heterocycles. The van der Waals surface area contributed by atoms with E-state index < -0.39 is 11.2 Å². The number of amides is 1. The number of anilines is 1. The normalized spacial score (nSPS) is 11.2. The summed E-state index contributed by atoms with van der Waals surface area (Å²) < 4.78 is 28.8. The lowest BCUT2D eigenvalue weighted by Crippen LogP contribution is -2.14. The van der Waals surface area contributed by atoms with Crippen molar-refractivity contribution in [2.75, 3.05) is 32.1 Å². The number of carbonyl (C=O) groups excluding carboxylic acids is 1. The minimum Gasteiger partial charge on any atom is -0.504 e. The Morgan fingerprint density at radius 3 is 2.14 bits per heavy atom. The molecule has 0 atom stereocenters. The highest BCUT2D eigenvalue weighted by molar-refractivity contribution is 6.04. The van der Waals surface area contributed by atoms with E-state index in [0.29, 0.717) is 47.8 Å². The number of rotatable bonds is 13. The minimum absolute atomic E-state index is 0.0127. The smallest absolute Gasteiger partial charge is 0.255 e. The maximum Gasteiger partial charge on any atom is 0.255 e. The molecule has 0 saturated heterocycles. The van der Waals surface area contributed by atoms with Gasteiger partial charge in [-0.05, 0) is 62.9 Å². The first-order valence-electron chi connectivity index (χ1n) is 14.0. The van der Waals surface area contributed by atoms with Crippen LogP contribution >= 0.6 is 0 Å². The number of benzene rings is 3. The van der Waals surface area contributed by atoms with Crippen LogP contribution in [0.15, 0.2) is 63.8 Å². The largest absolute Gasteiger partial charge is 0.504 e. The second-order valence-electron chi connectivity index (χ2n) is 10.1. The second-order valence-corrected chi connectivity index (χ2v) is 10.1. The number of aromatic hydroxyl groups is 1. The summed E-state index contributed by atoms with van der Waals surface area (Å²) in [4.78, 5) is 26.8. The van der Waals surface area contributed by atoms with E-state index in [1.807, 2.05) is 45.9 Å². The Labute approximate surface area is 245 Å². The molecule has 2 N–H and O–H groups in total. The van der Waals surface area contributed by atoms with E-state index in [1.54, 1.807) is 43.3 Å². The summed E-state index contributed by atoms with van der Waals surface area (Å²) in [6, 6.07) is 15.8. The van der Waals surface area contributed by atoms with Gasteiger partial charge in [0.25, 0.3) is 5.91 Å². The van der Waals surface area contributed by atoms with Crippen molar-refractivity contribution in [2.45, 2.75) is 41.0 Å². The van der Waals surface area contributed by atoms with Crippen LogP contribution in [0.2, 0.25) is 0 Å². The van der Waals surface area contributed by atoms with Gasteiger partial charge in [-0.3, -0.25) is 9.59 Å². The molecular formula is C33H37NO8. The molecule has 4 rings (SSSR count). The topological polar surface area (TPSA) is 116 Å². The Bertz CT molecular complexity index is 1580. The predicted octanol–water partition coefficient (Wildman–Crippen LogP) is 6.67. The molecule has 0 spiro atoms. The molecular weight excluding hydrogens is 538 g/mol. The molecule has 3 aromatic carbocycles. The van der Waals surface area contributed by atoms with Gasteiger partial charge in [-0.1, -0.05) is 44.2 Å². The third-order valence-electron chi connectivity index (χ3n) is 6.56. The molecule has 1 amide bonds. The quantitative estimate of drug-likeness (QED) is 0.134. The molecule has 222 valence electrons. The molecule has 0 aliphatic heterocycles. The lowest BCUT2D eigenvalue weighted by atomic mass is 9.95. The fourth-order valence-electron chi connectivity index (χ4n) is 4.63. The summed E-state index contributed by atoms with van der Waals surface area (Å²) in [5.41, 5.74) is 2.28. The van der Waals surface area contributed by atoms with Crippen LogP contribution in [0.1, 0.15) is 49.4 Å². The summed E-state index contributed by atoms with van der Waals surface area (Å²) >= 11 is 0. The van der Waals surface area contributed by atoms with E-state index in [1.165, 1.54) is 0 Å². The standard InChI is InChI=1S/C33H37NO8/c1-6-38-18-40-31-25(17-20(3)4)30-27(29(36)32(31)41-19-39-7-2)28(35)26(21(5)42-30)22-13-15-23(16-14-22)33(37)34-24-11-9-8-10-12-24/h8-16,20,36H,6-7,17-19H2,1-5H3,(H,34,37). The first-order chi connectivity index (χ1) is 20.3. The molecule has 9 heteroatoms. The van der Waals surface area contributed by atoms with Crippen molar-refractivity contribution in [3.63, 3.8) is 0 Å². The van der Waals surface area contributed by atoms with E-state index in [0.717, 1.165) is 0 Å². The number of aryl methyl sites for hydroxylation is 1. The molecule has 42 heavy (non-hydrogen) atoms. The Morgan fingerprint density at radius 2 is 1.55 bits per heavy atom. The van der Waals surface area contributed by atoms with Crippen LogP contribution in [0, 0.1) is 12.8 Å². The van der Waals surface area contributed by atoms with Crippen LogP contribution in [0.3, 0.4) is 0 Å². The number of para-hydroxylation sites is 1. The van der Waals surface area contributed by atoms with E-state index >= 15 is 0 Å². The first kappa shape index (κ1) is 30.6. The molecule has 0 unspecified atom stereocenters. The summed E-state index contributed by atoms with van der Waals surface area (Å²) in [7, 11) is 0. The van der Waals surface area contributed by atoms with Gasteiger partial charge < -0.3 is 33.8 Å². The number of phenolic OH excluding ortho intramolecular Hbond substituents is 1. The molecule has 0 saturated carbocycles. The van der Waals surface area contributed by atoms with Crippen molar-refractivity contribution >= 4 is 22.6 Å². The summed E-state index contributed by atoms with van der Waals surface area (Å²) in [5, 5.41) is 14.3. The Kier molecular flexibility index (Phi) is 10.2. The molecule has 1 aromatic heterocycles. The molecule has 0 aliphatic rings. The Balaban J connectivity index is 1.83. The van der Waals surface area contributed by atoms with Gasteiger partial charge in [-0.25, -0.2) is 0 Å². The average molecular weight is 576 g/mol. The number of fused-ring (bicyclic) bond motifs is 1. The maximum atomic E-state index is 14.1. The zero-order valence-corrected chi connectivity index (χ0v) is 24.6. The maximum absolute atomic E-state index is 14.1. The van der Waals surface area contributed by atoms with Crippen LogP contribution in [-0.4, -0.2) is 37.8 Å². The summed E-state index contributed by atoms with van der Waals surface area (Å²) in [5.74, 6) is 0.0652. The van der Waals surface area contributed by atoms with Gasteiger partial charge in [0.05, 0.1) is 5.56 Å². The summed E-state index contributed by atoms with van der Waals surface area (Å²) in [6.07, 6.45) is 0.482. The van der Waals surface area contributed by atoms with Crippen LogP contribution < -0.4 is 20.2 Å². The van der Waals surface area contributed by atoms with Gasteiger partial charge in [-0.2, -0.15) is 0 Å². The SMILES string of the molecule is CCOCOc1c(OCOCC)c(O)c2c(=O)c(-c3ccc(C(=O)Nc4ccccc4)cc3)c(C)oc2c1CC(C)C. The lowest BCUT2D eigenvalue weighted by molar-refractivity contribution is 0.00456. The van der Waals surface area contributed by atoms with E-state index in [2.05, 4.69) is 5.32 Å². The summed E-state index contributed by atoms with van der Waals surface area (Å²) in [6.45, 7) is 10.0. The van der Waals surface area contributed by atoms with Crippen molar-refractivity contribution in [3.05, 3.63) is 81.7 Å². The van der Waals surface area contributed by atoms with Gasteiger partial charge >= 0.3 is 0 Å². The van der Waals surface area contributed by atoms with Crippen molar-refractivity contribution in [3.8, 4) is 28.4 Å². The molecule has 0 fully saturated rings. The van der Waals surface area contributed by atoms with Crippen LogP contribution in [0.5, 0.6) is 17.2 Å². The second kappa shape index (κ2) is 14.0. The number of ether oxygens (including phenoxy) is 4. The zero-order chi connectivity index (χ0) is 30.2. The highest BCUT2D eigenvalue weighted by Crippen LogP contribution is 2.47. The van der Waals surface area contributed by atoms with Crippen molar-refractivity contribution in [1.82, 2.24) is 0 Å². The van der Waals surface area contributed by atoms with Gasteiger partial charge in [-0.15, -0.1) is 0 Å². The number of nitrogens with one attached hydrogen (secondary N) is 1. The predicted molar refractivity (Wildman–Crippen MR) is 162 cm³/mol. The van der Waals surface area contributed by atoms with Crippen molar-refractivity contribution in [2.24, 2.45) is 5.92 Å². The van der Waals surface area contributed by atoms with E-state index in [-0.39, 0.29) is 53.4 Å². The van der Waals surface area contributed by atoms with Crippen LogP contribution in [0.25, 0.3) is 22.1 Å². The highest BCUT2D eigenvalue weighted by Gasteiger charge is 2.28. The first-order valence-corrected chi connectivity index (χ1v) is 14.0. The van der Waals surface area contributed by atoms with Crippen LogP contribution in [0.4, 0.5) is 5.69 Å². The van der Waals surface area contributed by atoms with Gasteiger partial charge in [0.2, 0.25) is 11.2 Å². The third kappa shape index (κ3) is 6.75. The molecule has 0 bridgehead atoms.